The summed E-state index contributed by atoms with van der Waals surface area (Å²) in [4.78, 5) is 8.72. The third kappa shape index (κ3) is 4.34. The number of aromatic nitrogens is 2. The molecule has 1 N–H and O–H groups in total. The molecule has 1 aliphatic carbocycles. The Morgan fingerprint density at radius 1 is 1.17 bits per heavy atom. The predicted molar refractivity (Wildman–Crippen MR) is 79.2 cm³/mol. The number of rotatable bonds is 5. The van der Waals surface area contributed by atoms with E-state index in [4.69, 9.17) is 0 Å². The second-order valence-electron chi connectivity index (χ2n) is 5.56. The first-order chi connectivity index (χ1) is 10.9. The summed E-state index contributed by atoms with van der Waals surface area (Å²) in [7, 11) is 0. The maximum atomic E-state index is 12.1. The number of anilines is 1. The number of hydrogen-bond acceptors (Lipinski definition) is 4. The van der Waals surface area contributed by atoms with Crippen LogP contribution in [0.1, 0.15) is 43.1 Å². The maximum Gasteiger partial charge on any atom is 0.573 e. The number of halogens is 3. The molecule has 0 spiro atoms. The Balaban J connectivity index is 1.65. The SMILES string of the molecule is C[C@H](Nc1ccnc(C2CC2)n1)c1ccc(OC(F)(F)F)cc1. The average molecular weight is 323 g/mol. The van der Waals surface area contributed by atoms with E-state index >= 15 is 0 Å². The van der Waals surface area contributed by atoms with Crippen molar-refractivity contribution in [3.63, 3.8) is 0 Å². The van der Waals surface area contributed by atoms with Crippen molar-refractivity contribution in [1.82, 2.24) is 9.97 Å². The van der Waals surface area contributed by atoms with Crippen molar-refractivity contribution in [3.8, 4) is 5.75 Å². The van der Waals surface area contributed by atoms with Crippen LogP contribution in [0.25, 0.3) is 0 Å². The molecule has 7 heteroatoms. The molecular formula is C16H16F3N3O. The zero-order valence-corrected chi connectivity index (χ0v) is 12.5. The molecule has 1 saturated carbocycles. The molecule has 1 aliphatic rings. The second kappa shape index (κ2) is 6.06. The Morgan fingerprint density at radius 2 is 1.87 bits per heavy atom. The standard InChI is InChI=1S/C16H16F3N3O/c1-10(11-4-6-13(7-5-11)23-16(17,18)19)21-14-8-9-20-15(22-14)12-2-3-12/h4-10,12H,2-3H2,1H3,(H,20,21,22)/t10-/m0/s1. The third-order valence-corrected chi connectivity index (χ3v) is 3.59. The summed E-state index contributed by atoms with van der Waals surface area (Å²) < 4.78 is 40.3. The summed E-state index contributed by atoms with van der Waals surface area (Å²) in [6.45, 7) is 1.92. The number of nitrogens with one attached hydrogen (secondary N) is 1. The maximum absolute atomic E-state index is 12.1. The minimum absolute atomic E-state index is 0.100. The quantitative estimate of drug-likeness (QED) is 0.884. The van der Waals surface area contributed by atoms with Gasteiger partial charge in [-0.3, -0.25) is 0 Å². The van der Waals surface area contributed by atoms with E-state index in [1.54, 1.807) is 24.4 Å². The normalized spacial score (nSPS) is 16.0. The van der Waals surface area contributed by atoms with Crippen LogP contribution in [-0.4, -0.2) is 16.3 Å². The summed E-state index contributed by atoms with van der Waals surface area (Å²) >= 11 is 0. The molecule has 2 aromatic rings. The Morgan fingerprint density at radius 3 is 2.48 bits per heavy atom. The van der Waals surface area contributed by atoms with E-state index in [2.05, 4.69) is 20.0 Å². The monoisotopic (exact) mass is 323 g/mol. The topological polar surface area (TPSA) is 47.0 Å². The van der Waals surface area contributed by atoms with Crippen LogP contribution in [-0.2, 0) is 0 Å². The molecule has 1 atom stereocenters. The van der Waals surface area contributed by atoms with Crippen LogP contribution in [0.3, 0.4) is 0 Å². The minimum atomic E-state index is -4.68. The average Bonchev–Trinajstić information content (AvgIpc) is 3.31. The van der Waals surface area contributed by atoms with Crippen molar-refractivity contribution in [1.29, 1.82) is 0 Å². The third-order valence-electron chi connectivity index (χ3n) is 3.59. The highest BCUT2D eigenvalue weighted by atomic mass is 19.4. The van der Waals surface area contributed by atoms with E-state index in [1.807, 2.05) is 6.92 Å². The van der Waals surface area contributed by atoms with Gasteiger partial charge in [-0.2, -0.15) is 0 Å². The number of hydrogen-bond donors (Lipinski definition) is 1. The summed E-state index contributed by atoms with van der Waals surface area (Å²) in [6, 6.07) is 7.48. The highest BCUT2D eigenvalue weighted by Crippen LogP contribution is 2.38. The fraction of sp³-hybridized carbons (Fsp3) is 0.375. The lowest BCUT2D eigenvalue weighted by Gasteiger charge is -2.16. The Hall–Kier alpha value is -2.31. The predicted octanol–water partition coefficient (Wildman–Crippen LogP) is 4.43. The van der Waals surface area contributed by atoms with Crippen LogP contribution < -0.4 is 10.1 Å². The van der Waals surface area contributed by atoms with E-state index in [-0.39, 0.29) is 11.8 Å². The largest absolute Gasteiger partial charge is 0.573 e. The molecule has 0 bridgehead atoms. The molecule has 1 fully saturated rings. The molecule has 1 heterocycles. The van der Waals surface area contributed by atoms with Gasteiger partial charge in [0.25, 0.3) is 0 Å². The molecule has 0 radical (unpaired) electrons. The minimum Gasteiger partial charge on any atom is -0.406 e. The van der Waals surface area contributed by atoms with Crippen molar-refractivity contribution in [2.45, 2.75) is 38.1 Å². The van der Waals surface area contributed by atoms with Crippen LogP contribution in [0.4, 0.5) is 19.0 Å². The van der Waals surface area contributed by atoms with E-state index in [9.17, 15) is 13.2 Å². The first kappa shape index (κ1) is 15.6. The molecular weight excluding hydrogens is 307 g/mol. The van der Waals surface area contributed by atoms with E-state index < -0.39 is 6.36 Å². The van der Waals surface area contributed by atoms with Crippen molar-refractivity contribution >= 4 is 5.82 Å². The van der Waals surface area contributed by atoms with Crippen LogP contribution in [0.5, 0.6) is 5.75 Å². The molecule has 0 saturated heterocycles. The molecule has 1 aromatic heterocycles. The van der Waals surface area contributed by atoms with Gasteiger partial charge in [0, 0.05) is 18.2 Å². The molecule has 1 aromatic carbocycles. The first-order valence-corrected chi connectivity index (χ1v) is 7.36. The highest BCUT2D eigenvalue weighted by molar-refractivity contribution is 5.39. The van der Waals surface area contributed by atoms with Gasteiger partial charge < -0.3 is 10.1 Å². The molecule has 3 rings (SSSR count). The number of alkyl halides is 3. The number of nitrogens with zero attached hydrogens (tertiary/aromatic N) is 2. The molecule has 23 heavy (non-hydrogen) atoms. The summed E-state index contributed by atoms with van der Waals surface area (Å²) in [5.74, 6) is 1.79. The fourth-order valence-corrected chi connectivity index (χ4v) is 2.26. The Kier molecular flexibility index (Phi) is 4.11. The smallest absolute Gasteiger partial charge is 0.406 e. The van der Waals surface area contributed by atoms with Crippen molar-refractivity contribution in [2.75, 3.05) is 5.32 Å². The van der Waals surface area contributed by atoms with Crippen molar-refractivity contribution in [3.05, 3.63) is 47.9 Å². The van der Waals surface area contributed by atoms with Gasteiger partial charge in [0.1, 0.15) is 17.4 Å². The molecule has 0 amide bonds. The summed E-state index contributed by atoms with van der Waals surface area (Å²) in [5.41, 5.74) is 0.839. The van der Waals surface area contributed by atoms with Gasteiger partial charge in [0.05, 0.1) is 0 Å². The summed E-state index contributed by atoms with van der Waals surface area (Å²) in [6.07, 6.45) is -0.707. The van der Waals surface area contributed by atoms with E-state index in [1.165, 1.54) is 12.1 Å². The van der Waals surface area contributed by atoms with E-state index in [0.29, 0.717) is 11.7 Å². The van der Waals surface area contributed by atoms with Crippen LogP contribution in [0, 0.1) is 0 Å². The lowest BCUT2D eigenvalue weighted by Crippen LogP contribution is -2.17. The zero-order valence-electron chi connectivity index (χ0n) is 12.5. The van der Waals surface area contributed by atoms with Gasteiger partial charge in [-0.1, -0.05) is 12.1 Å². The van der Waals surface area contributed by atoms with Crippen molar-refractivity contribution in [2.24, 2.45) is 0 Å². The second-order valence-corrected chi connectivity index (χ2v) is 5.56. The Labute approximate surface area is 131 Å². The van der Waals surface area contributed by atoms with Gasteiger partial charge in [0.2, 0.25) is 0 Å². The lowest BCUT2D eigenvalue weighted by molar-refractivity contribution is -0.274. The zero-order chi connectivity index (χ0) is 16.4. The number of ether oxygens (including phenoxy) is 1. The van der Waals surface area contributed by atoms with Crippen LogP contribution in [0.15, 0.2) is 36.5 Å². The van der Waals surface area contributed by atoms with Crippen LogP contribution in [0.2, 0.25) is 0 Å². The lowest BCUT2D eigenvalue weighted by atomic mass is 10.1. The van der Waals surface area contributed by atoms with Gasteiger partial charge in [-0.25, -0.2) is 9.97 Å². The number of benzene rings is 1. The molecule has 0 unspecified atom stereocenters. The first-order valence-electron chi connectivity index (χ1n) is 7.36. The van der Waals surface area contributed by atoms with Gasteiger partial charge in [-0.05, 0) is 43.5 Å². The fourth-order valence-electron chi connectivity index (χ4n) is 2.26. The van der Waals surface area contributed by atoms with Gasteiger partial charge in [0.15, 0.2) is 0 Å². The van der Waals surface area contributed by atoms with E-state index in [0.717, 1.165) is 24.2 Å². The highest BCUT2D eigenvalue weighted by Gasteiger charge is 2.31. The van der Waals surface area contributed by atoms with Gasteiger partial charge >= 0.3 is 6.36 Å². The van der Waals surface area contributed by atoms with Gasteiger partial charge in [-0.15, -0.1) is 13.2 Å². The molecule has 122 valence electrons. The molecule has 0 aliphatic heterocycles. The molecule has 4 nitrogen and oxygen atoms in total. The Bertz CT molecular complexity index is 669. The van der Waals surface area contributed by atoms with Crippen molar-refractivity contribution < 1.29 is 17.9 Å². The van der Waals surface area contributed by atoms with Crippen LogP contribution >= 0.6 is 0 Å². The summed E-state index contributed by atoms with van der Waals surface area (Å²) in [5, 5.41) is 3.23.